The average Bonchev–Trinajstić information content (AvgIpc) is 3.24. The van der Waals surface area contributed by atoms with Gasteiger partial charge in [-0.15, -0.1) is 0 Å². The van der Waals surface area contributed by atoms with Gasteiger partial charge in [-0.1, -0.05) is 43.5 Å². The zero-order valence-electron chi connectivity index (χ0n) is 21.8. The number of hydrogen-bond acceptors (Lipinski definition) is 6. The topological polar surface area (TPSA) is 97.5 Å². The molecule has 3 aliphatic rings. The van der Waals surface area contributed by atoms with E-state index in [1.807, 2.05) is 49.4 Å². The molecule has 3 aromatic rings. The van der Waals surface area contributed by atoms with E-state index in [9.17, 15) is 14.9 Å². The summed E-state index contributed by atoms with van der Waals surface area (Å²) in [5.41, 5.74) is 4.01. The summed E-state index contributed by atoms with van der Waals surface area (Å²) in [6, 6.07) is 18.8. The molecular weight excluding hydrogens is 496 g/mol. The second-order valence-corrected chi connectivity index (χ2v) is 10.3. The maximum Gasteiger partial charge on any atom is 0.350 e. The van der Waals surface area contributed by atoms with E-state index in [-0.39, 0.29) is 30.9 Å². The Morgan fingerprint density at radius 3 is 2.23 bits per heavy atom. The van der Waals surface area contributed by atoms with Crippen LogP contribution >= 0.6 is 0 Å². The molecule has 0 spiro atoms. The van der Waals surface area contributed by atoms with Crippen molar-refractivity contribution in [3.63, 3.8) is 0 Å². The number of anilines is 2. The van der Waals surface area contributed by atoms with Gasteiger partial charge >= 0.3 is 6.03 Å². The number of nitro groups is 1. The Kier molecular flexibility index (Phi) is 6.64. The number of hydrazone groups is 1. The van der Waals surface area contributed by atoms with Gasteiger partial charge in [0.25, 0.3) is 5.69 Å². The maximum absolute atomic E-state index is 14.5. The van der Waals surface area contributed by atoms with Crippen molar-refractivity contribution in [1.82, 2.24) is 5.01 Å². The van der Waals surface area contributed by atoms with Crippen LogP contribution in [0.5, 0.6) is 11.5 Å². The zero-order chi connectivity index (χ0) is 26.9. The van der Waals surface area contributed by atoms with Crippen LogP contribution in [0, 0.1) is 23.0 Å². The molecule has 0 unspecified atom stereocenters. The molecule has 0 N–H and O–H groups in total. The van der Waals surface area contributed by atoms with Crippen molar-refractivity contribution in [2.24, 2.45) is 11.0 Å². The normalized spacial score (nSPS) is 18.2. The van der Waals surface area contributed by atoms with Crippen molar-refractivity contribution in [3.8, 4) is 11.5 Å². The lowest BCUT2D eigenvalue weighted by molar-refractivity contribution is -0.384. The van der Waals surface area contributed by atoms with Crippen molar-refractivity contribution in [1.29, 1.82) is 0 Å². The first-order chi connectivity index (χ1) is 19.0. The number of non-ortho nitro benzene ring substituents is 1. The second-order valence-electron chi connectivity index (χ2n) is 10.3. The van der Waals surface area contributed by atoms with Crippen molar-refractivity contribution in [2.75, 3.05) is 18.1 Å². The fourth-order valence-corrected chi connectivity index (χ4v) is 5.60. The van der Waals surface area contributed by atoms with E-state index in [1.54, 1.807) is 17.0 Å². The molecule has 0 aromatic heterocycles. The molecule has 9 heteroatoms. The van der Waals surface area contributed by atoms with Gasteiger partial charge in [0.1, 0.15) is 19.3 Å². The number of amides is 2. The van der Waals surface area contributed by atoms with E-state index in [1.165, 1.54) is 23.6 Å². The van der Waals surface area contributed by atoms with E-state index in [0.717, 1.165) is 48.2 Å². The predicted molar refractivity (Wildman–Crippen MR) is 148 cm³/mol. The quantitative estimate of drug-likeness (QED) is 0.282. The van der Waals surface area contributed by atoms with Gasteiger partial charge in [-0.2, -0.15) is 5.10 Å². The molecule has 2 aliphatic heterocycles. The Hall–Kier alpha value is -4.40. The van der Waals surface area contributed by atoms with Crippen molar-refractivity contribution in [2.45, 2.75) is 45.1 Å². The number of benzene rings is 3. The third-order valence-electron chi connectivity index (χ3n) is 7.64. The molecule has 200 valence electrons. The standard InChI is InChI=1S/C30H30N4O5/c1-20-11-16-25-26(17-20)32(22-12-14-23(15-13-22)34(36)37)30(35)33(31-29(25)21-7-3-2-4-8-21)24-18-38-27-9-5-6-10-28(27)39-19-24/h5-6,9-17,21,24H,2-4,7-8,18-19H2,1H3. The minimum absolute atomic E-state index is 0.0372. The minimum Gasteiger partial charge on any atom is -0.487 e. The average molecular weight is 527 g/mol. The maximum atomic E-state index is 14.5. The van der Waals surface area contributed by atoms with Gasteiger partial charge in [-0.25, -0.2) is 9.80 Å². The molecule has 9 nitrogen and oxygen atoms in total. The minimum atomic E-state index is -0.487. The summed E-state index contributed by atoms with van der Waals surface area (Å²) in [5.74, 6) is 1.48. The van der Waals surface area contributed by atoms with Gasteiger partial charge in [-0.3, -0.25) is 15.0 Å². The van der Waals surface area contributed by atoms with Gasteiger partial charge in [0, 0.05) is 23.6 Å². The molecule has 2 heterocycles. The third-order valence-corrected chi connectivity index (χ3v) is 7.64. The molecule has 0 atom stereocenters. The SMILES string of the molecule is Cc1ccc2c(c1)N(c1ccc([N+](=O)[O-])cc1)C(=O)N(C1COc3ccccc3OC1)N=C2C1CCCCC1. The molecule has 2 amide bonds. The molecule has 1 aliphatic carbocycles. The molecule has 1 fully saturated rings. The van der Waals surface area contributed by atoms with Gasteiger partial charge < -0.3 is 9.47 Å². The first-order valence-corrected chi connectivity index (χ1v) is 13.4. The summed E-state index contributed by atoms with van der Waals surface area (Å²) in [6.45, 7) is 2.42. The first-order valence-electron chi connectivity index (χ1n) is 13.4. The molecular formula is C30H30N4O5. The van der Waals surface area contributed by atoms with Crippen LogP contribution in [0.15, 0.2) is 71.8 Å². The van der Waals surface area contributed by atoms with Gasteiger partial charge in [-0.05, 0) is 55.7 Å². The van der Waals surface area contributed by atoms with Crippen molar-refractivity contribution in [3.05, 3.63) is 88.0 Å². The lowest BCUT2D eigenvalue weighted by Gasteiger charge is -2.30. The Bertz CT molecular complexity index is 1400. The summed E-state index contributed by atoms with van der Waals surface area (Å²) in [5, 5.41) is 17.9. The summed E-state index contributed by atoms with van der Waals surface area (Å²) in [4.78, 5) is 26.9. The third kappa shape index (κ3) is 4.80. The fourth-order valence-electron chi connectivity index (χ4n) is 5.60. The largest absolute Gasteiger partial charge is 0.487 e. The second kappa shape index (κ2) is 10.4. The van der Waals surface area contributed by atoms with Crippen LogP contribution in [0.1, 0.15) is 43.2 Å². The van der Waals surface area contributed by atoms with Crippen LogP contribution in [-0.2, 0) is 0 Å². The van der Waals surface area contributed by atoms with E-state index in [4.69, 9.17) is 14.6 Å². The monoisotopic (exact) mass is 526 g/mol. The van der Waals surface area contributed by atoms with Crippen LogP contribution in [0.25, 0.3) is 0 Å². The number of hydrogen-bond donors (Lipinski definition) is 0. The van der Waals surface area contributed by atoms with Gasteiger partial charge in [0.2, 0.25) is 0 Å². The van der Waals surface area contributed by atoms with Gasteiger partial charge in [0.05, 0.1) is 22.0 Å². The molecule has 0 saturated heterocycles. The number of ether oxygens (including phenoxy) is 2. The Morgan fingerprint density at radius 1 is 0.923 bits per heavy atom. The molecule has 0 bridgehead atoms. The smallest absolute Gasteiger partial charge is 0.350 e. The highest BCUT2D eigenvalue weighted by Crippen LogP contribution is 2.39. The van der Waals surface area contributed by atoms with E-state index in [0.29, 0.717) is 17.2 Å². The number of fused-ring (bicyclic) bond motifs is 2. The Balaban J connectivity index is 1.47. The lowest BCUT2D eigenvalue weighted by Crippen LogP contribution is -2.48. The van der Waals surface area contributed by atoms with Crippen molar-refractivity contribution >= 4 is 28.8 Å². The molecule has 3 aromatic carbocycles. The van der Waals surface area contributed by atoms with Crippen LogP contribution in [-0.4, -0.2) is 40.9 Å². The number of nitro benzene ring substituents is 1. The summed E-state index contributed by atoms with van der Waals surface area (Å²) >= 11 is 0. The number of carbonyl (C=O) groups excluding carboxylic acids is 1. The summed E-state index contributed by atoms with van der Waals surface area (Å²) in [6.07, 6.45) is 5.46. The number of nitrogens with zero attached hydrogens (tertiary/aromatic N) is 4. The summed E-state index contributed by atoms with van der Waals surface area (Å²) < 4.78 is 12.2. The number of rotatable bonds is 4. The van der Waals surface area contributed by atoms with E-state index < -0.39 is 11.0 Å². The predicted octanol–water partition coefficient (Wildman–Crippen LogP) is 6.60. The molecule has 0 radical (unpaired) electrons. The summed E-state index contributed by atoms with van der Waals surface area (Å²) in [7, 11) is 0. The fraction of sp³-hybridized carbons (Fsp3) is 0.333. The van der Waals surface area contributed by atoms with Crippen LogP contribution < -0.4 is 14.4 Å². The van der Waals surface area contributed by atoms with Crippen LogP contribution in [0.3, 0.4) is 0 Å². The number of para-hydroxylation sites is 2. The van der Waals surface area contributed by atoms with E-state index >= 15 is 0 Å². The molecule has 6 rings (SSSR count). The highest BCUT2D eigenvalue weighted by molar-refractivity contribution is 6.14. The van der Waals surface area contributed by atoms with Crippen molar-refractivity contribution < 1.29 is 19.2 Å². The Labute approximate surface area is 226 Å². The number of aryl methyl sites for hydroxylation is 1. The zero-order valence-corrected chi connectivity index (χ0v) is 21.8. The van der Waals surface area contributed by atoms with E-state index in [2.05, 4.69) is 0 Å². The highest BCUT2D eigenvalue weighted by Gasteiger charge is 2.38. The number of urea groups is 1. The molecule has 1 saturated carbocycles. The van der Waals surface area contributed by atoms with Crippen LogP contribution in [0.4, 0.5) is 21.9 Å². The van der Waals surface area contributed by atoms with Gasteiger partial charge in [0.15, 0.2) is 11.5 Å². The Morgan fingerprint density at radius 2 is 1.59 bits per heavy atom. The highest BCUT2D eigenvalue weighted by atomic mass is 16.6. The lowest BCUT2D eigenvalue weighted by atomic mass is 9.82. The first kappa shape index (κ1) is 24.9. The van der Waals surface area contributed by atoms with Crippen LogP contribution in [0.2, 0.25) is 0 Å². The molecule has 39 heavy (non-hydrogen) atoms. The number of carbonyl (C=O) groups is 1.